The maximum absolute atomic E-state index is 4.44. The van der Waals surface area contributed by atoms with Crippen LogP contribution in [-0.4, -0.2) is 4.98 Å². The van der Waals surface area contributed by atoms with E-state index in [9.17, 15) is 0 Å². The van der Waals surface area contributed by atoms with Crippen LogP contribution >= 0.6 is 0 Å². The van der Waals surface area contributed by atoms with Crippen molar-refractivity contribution in [1.29, 1.82) is 0 Å². The number of rotatable bonds is 1. The van der Waals surface area contributed by atoms with Crippen molar-refractivity contribution in [1.82, 2.24) is 4.98 Å². The molecule has 0 aliphatic heterocycles. The average Bonchev–Trinajstić information content (AvgIpc) is 2.31. The van der Waals surface area contributed by atoms with E-state index in [2.05, 4.69) is 30.1 Å². The second kappa shape index (κ2) is 5.58. The summed E-state index contributed by atoms with van der Waals surface area (Å²) in [5.74, 6) is 0. The van der Waals surface area contributed by atoms with Gasteiger partial charge in [0.15, 0.2) is 0 Å². The van der Waals surface area contributed by atoms with E-state index in [1.54, 1.807) is 0 Å². The van der Waals surface area contributed by atoms with Gasteiger partial charge in [0.25, 0.3) is 0 Å². The summed E-state index contributed by atoms with van der Waals surface area (Å²) in [7, 11) is 0. The Kier molecular flexibility index (Phi) is 4.37. The van der Waals surface area contributed by atoms with Crippen molar-refractivity contribution < 1.29 is 0 Å². The molecule has 0 atom stereocenters. The van der Waals surface area contributed by atoms with Gasteiger partial charge in [-0.3, -0.25) is 4.98 Å². The van der Waals surface area contributed by atoms with Gasteiger partial charge in [-0.15, -0.1) is 0 Å². The third-order valence-corrected chi connectivity index (χ3v) is 2.31. The highest BCUT2D eigenvalue weighted by Crippen LogP contribution is 2.17. The first-order chi connectivity index (χ1) is 6.90. The lowest BCUT2D eigenvalue weighted by Gasteiger charge is -2.09. The van der Waals surface area contributed by atoms with Crippen LogP contribution in [0.25, 0.3) is 6.08 Å². The minimum atomic E-state index is 1.08. The molecule has 0 N–H and O–H groups in total. The lowest BCUT2D eigenvalue weighted by Crippen LogP contribution is -1.98. The standard InChI is InChI=1S/C11H13N.C2H6/c1-2-9-7-10-5-3-4-6-11(10)12-8-9;1-2/h3,5,7-8H,2,4,6H2,1H3;1-2H3. The maximum Gasteiger partial charge on any atom is 0.0479 e. The monoisotopic (exact) mass is 189 g/mol. The summed E-state index contributed by atoms with van der Waals surface area (Å²) in [6.07, 6.45) is 9.74. The molecular formula is C13H19N. The van der Waals surface area contributed by atoms with Gasteiger partial charge in [0, 0.05) is 11.9 Å². The number of aromatic nitrogens is 1. The third-order valence-electron chi connectivity index (χ3n) is 2.31. The highest BCUT2D eigenvalue weighted by Gasteiger charge is 2.05. The van der Waals surface area contributed by atoms with E-state index in [0.29, 0.717) is 0 Å². The Hall–Kier alpha value is -1.11. The molecule has 1 heteroatoms. The van der Waals surface area contributed by atoms with Gasteiger partial charge >= 0.3 is 0 Å². The van der Waals surface area contributed by atoms with Crippen molar-refractivity contribution in [2.45, 2.75) is 40.0 Å². The van der Waals surface area contributed by atoms with Crippen LogP contribution in [0.3, 0.4) is 0 Å². The number of hydrogen-bond donors (Lipinski definition) is 0. The van der Waals surface area contributed by atoms with Crippen LogP contribution in [0.2, 0.25) is 0 Å². The van der Waals surface area contributed by atoms with Gasteiger partial charge in [-0.05, 0) is 36.5 Å². The molecule has 0 bridgehead atoms. The lowest BCUT2D eigenvalue weighted by atomic mass is 10.0. The van der Waals surface area contributed by atoms with E-state index in [1.807, 2.05) is 20.0 Å². The van der Waals surface area contributed by atoms with Crippen molar-refractivity contribution in [2.75, 3.05) is 0 Å². The smallest absolute Gasteiger partial charge is 0.0479 e. The van der Waals surface area contributed by atoms with E-state index in [4.69, 9.17) is 0 Å². The summed E-state index contributed by atoms with van der Waals surface area (Å²) >= 11 is 0. The number of hydrogen-bond acceptors (Lipinski definition) is 1. The predicted octanol–water partition coefficient (Wildman–Crippen LogP) is 3.63. The fourth-order valence-corrected chi connectivity index (χ4v) is 1.53. The van der Waals surface area contributed by atoms with Crippen LogP contribution in [0.15, 0.2) is 18.3 Å². The summed E-state index contributed by atoms with van der Waals surface area (Å²) in [5, 5.41) is 0. The van der Waals surface area contributed by atoms with E-state index < -0.39 is 0 Å². The van der Waals surface area contributed by atoms with Gasteiger partial charge in [0.05, 0.1) is 0 Å². The van der Waals surface area contributed by atoms with Gasteiger partial charge < -0.3 is 0 Å². The Morgan fingerprint density at radius 2 is 2.14 bits per heavy atom. The minimum Gasteiger partial charge on any atom is -0.260 e. The molecule has 0 radical (unpaired) electrons. The fourth-order valence-electron chi connectivity index (χ4n) is 1.53. The number of aryl methyl sites for hydroxylation is 2. The van der Waals surface area contributed by atoms with E-state index >= 15 is 0 Å². The van der Waals surface area contributed by atoms with Crippen molar-refractivity contribution in [3.63, 3.8) is 0 Å². The van der Waals surface area contributed by atoms with Crippen LogP contribution in [0.1, 0.15) is 44.0 Å². The van der Waals surface area contributed by atoms with Gasteiger partial charge in [-0.1, -0.05) is 32.9 Å². The quantitative estimate of drug-likeness (QED) is 0.657. The maximum atomic E-state index is 4.44. The predicted molar refractivity (Wildman–Crippen MR) is 62.3 cm³/mol. The lowest BCUT2D eigenvalue weighted by molar-refractivity contribution is 0.916. The van der Waals surface area contributed by atoms with Crippen molar-refractivity contribution in [3.05, 3.63) is 35.2 Å². The Bertz CT molecular complexity index is 313. The summed E-state index contributed by atoms with van der Waals surface area (Å²) < 4.78 is 0. The zero-order valence-corrected chi connectivity index (χ0v) is 9.38. The number of allylic oxidation sites excluding steroid dienone is 1. The first-order valence-corrected chi connectivity index (χ1v) is 5.54. The van der Waals surface area contributed by atoms with Crippen molar-refractivity contribution in [3.8, 4) is 0 Å². The Balaban J connectivity index is 0.000000461. The normalized spacial score (nSPS) is 12.8. The highest BCUT2D eigenvalue weighted by molar-refractivity contribution is 5.54. The first-order valence-electron chi connectivity index (χ1n) is 5.54. The molecule has 1 heterocycles. The molecule has 0 unspecified atom stereocenters. The molecule has 76 valence electrons. The van der Waals surface area contributed by atoms with Gasteiger partial charge in [-0.2, -0.15) is 0 Å². The highest BCUT2D eigenvalue weighted by atomic mass is 14.7. The van der Waals surface area contributed by atoms with Gasteiger partial charge in [0.1, 0.15) is 0 Å². The molecule has 0 amide bonds. The summed E-state index contributed by atoms with van der Waals surface area (Å²) in [4.78, 5) is 4.44. The minimum absolute atomic E-state index is 1.08. The summed E-state index contributed by atoms with van der Waals surface area (Å²) in [5.41, 5.74) is 3.91. The largest absolute Gasteiger partial charge is 0.260 e. The van der Waals surface area contributed by atoms with Crippen LogP contribution < -0.4 is 0 Å². The molecule has 2 rings (SSSR count). The molecule has 1 aliphatic rings. The van der Waals surface area contributed by atoms with Crippen LogP contribution in [0.4, 0.5) is 0 Å². The van der Waals surface area contributed by atoms with E-state index in [-0.39, 0.29) is 0 Å². The summed E-state index contributed by atoms with van der Waals surface area (Å²) in [6.45, 7) is 6.16. The topological polar surface area (TPSA) is 12.9 Å². The molecule has 0 saturated carbocycles. The Labute approximate surface area is 86.9 Å². The molecule has 1 aromatic heterocycles. The molecule has 1 nitrogen and oxygen atoms in total. The zero-order chi connectivity index (χ0) is 10.4. The average molecular weight is 189 g/mol. The van der Waals surface area contributed by atoms with Gasteiger partial charge in [0.2, 0.25) is 0 Å². The van der Waals surface area contributed by atoms with Crippen LogP contribution in [-0.2, 0) is 12.8 Å². The molecule has 0 aromatic carbocycles. The van der Waals surface area contributed by atoms with Crippen molar-refractivity contribution >= 4 is 6.08 Å². The fraction of sp³-hybridized carbons (Fsp3) is 0.462. The molecule has 0 saturated heterocycles. The number of fused-ring (bicyclic) bond motifs is 1. The Morgan fingerprint density at radius 3 is 2.86 bits per heavy atom. The third kappa shape index (κ3) is 2.44. The first kappa shape index (κ1) is 11.0. The Morgan fingerprint density at radius 1 is 1.36 bits per heavy atom. The second-order valence-electron chi connectivity index (χ2n) is 3.17. The molecule has 0 spiro atoms. The molecular weight excluding hydrogens is 170 g/mol. The van der Waals surface area contributed by atoms with Gasteiger partial charge in [-0.25, -0.2) is 0 Å². The van der Waals surface area contributed by atoms with Crippen molar-refractivity contribution in [2.24, 2.45) is 0 Å². The van der Waals surface area contributed by atoms with Crippen LogP contribution in [0.5, 0.6) is 0 Å². The SMILES string of the molecule is CC.CCc1cnc2c(c1)C=CCC2. The molecule has 14 heavy (non-hydrogen) atoms. The molecule has 0 fully saturated rings. The van der Waals surface area contributed by atoms with Crippen LogP contribution in [0, 0.1) is 0 Å². The molecule has 1 aliphatic carbocycles. The zero-order valence-electron chi connectivity index (χ0n) is 9.38. The number of nitrogens with zero attached hydrogens (tertiary/aromatic N) is 1. The van der Waals surface area contributed by atoms with E-state index in [0.717, 1.165) is 19.3 Å². The second-order valence-corrected chi connectivity index (χ2v) is 3.17. The molecule has 1 aromatic rings. The number of pyridine rings is 1. The summed E-state index contributed by atoms with van der Waals surface area (Å²) in [6, 6.07) is 2.25. The van der Waals surface area contributed by atoms with E-state index in [1.165, 1.54) is 16.8 Å².